The SMILES string of the molecule is CCCCOC(=O)C(O)C(C)CC. The van der Waals surface area contributed by atoms with Crippen molar-refractivity contribution in [3.63, 3.8) is 0 Å². The van der Waals surface area contributed by atoms with E-state index in [1.165, 1.54) is 0 Å². The third kappa shape index (κ3) is 4.88. The van der Waals surface area contributed by atoms with Gasteiger partial charge in [-0.15, -0.1) is 0 Å². The number of carbonyl (C=O) groups is 1. The van der Waals surface area contributed by atoms with Crippen molar-refractivity contribution in [2.24, 2.45) is 5.92 Å². The fourth-order valence-electron chi connectivity index (χ4n) is 0.858. The second-order valence-electron chi connectivity index (χ2n) is 3.35. The van der Waals surface area contributed by atoms with Crippen LogP contribution in [-0.4, -0.2) is 23.8 Å². The van der Waals surface area contributed by atoms with E-state index < -0.39 is 12.1 Å². The van der Waals surface area contributed by atoms with Gasteiger partial charge in [-0.05, 0) is 12.3 Å². The molecule has 2 unspecified atom stereocenters. The Morgan fingerprint density at radius 3 is 2.54 bits per heavy atom. The predicted octanol–water partition coefficient (Wildman–Crippen LogP) is 1.74. The second kappa shape index (κ2) is 6.89. The lowest BCUT2D eigenvalue weighted by Crippen LogP contribution is -2.29. The van der Waals surface area contributed by atoms with E-state index >= 15 is 0 Å². The Bertz CT molecular complexity index is 145. The summed E-state index contributed by atoms with van der Waals surface area (Å²) in [5.41, 5.74) is 0. The quantitative estimate of drug-likeness (QED) is 0.510. The molecule has 0 rings (SSSR count). The maximum Gasteiger partial charge on any atom is 0.335 e. The molecular weight excluding hydrogens is 168 g/mol. The van der Waals surface area contributed by atoms with Crippen LogP contribution in [0.1, 0.15) is 40.0 Å². The molecule has 0 aromatic heterocycles. The number of carbonyl (C=O) groups excluding carboxylic acids is 1. The van der Waals surface area contributed by atoms with Gasteiger partial charge in [0.2, 0.25) is 0 Å². The van der Waals surface area contributed by atoms with Crippen molar-refractivity contribution in [1.82, 2.24) is 0 Å². The van der Waals surface area contributed by atoms with Gasteiger partial charge in [0, 0.05) is 0 Å². The average molecular weight is 188 g/mol. The van der Waals surface area contributed by atoms with Gasteiger partial charge in [-0.3, -0.25) is 0 Å². The van der Waals surface area contributed by atoms with Crippen molar-refractivity contribution >= 4 is 5.97 Å². The van der Waals surface area contributed by atoms with Crippen molar-refractivity contribution in [3.8, 4) is 0 Å². The summed E-state index contributed by atoms with van der Waals surface area (Å²) in [5.74, 6) is -0.503. The minimum atomic E-state index is -0.957. The molecule has 13 heavy (non-hydrogen) atoms. The minimum absolute atomic E-state index is 0.0193. The highest BCUT2D eigenvalue weighted by Gasteiger charge is 2.21. The normalized spacial score (nSPS) is 15.1. The lowest BCUT2D eigenvalue weighted by Gasteiger charge is -2.15. The van der Waals surface area contributed by atoms with Crippen LogP contribution in [0.15, 0.2) is 0 Å². The first-order chi connectivity index (χ1) is 6.13. The number of ether oxygens (including phenoxy) is 1. The van der Waals surface area contributed by atoms with Gasteiger partial charge in [-0.2, -0.15) is 0 Å². The maximum atomic E-state index is 11.1. The fraction of sp³-hybridized carbons (Fsp3) is 0.900. The Morgan fingerprint density at radius 2 is 2.08 bits per heavy atom. The molecule has 0 amide bonds. The molecular formula is C10H20O3. The summed E-state index contributed by atoms with van der Waals surface area (Å²) in [6, 6.07) is 0. The number of rotatable bonds is 6. The number of hydrogen-bond acceptors (Lipinski definition) is 3. The second-order valence-corrected chi connectivity index (χ2v) is 3.35. The zero-order valence-corrected chi connectivity index (χ0v) is 8.75. The van der Waals surface area contributed by atoms with E-state index in [4.69, 9.17) is 4.74 Å². The molecule has 3 heteroatoms. The number of esters is 1. The molecule has 0 aromatic carbocycles. The molecule has 0 radical (unpaired) electrons. The van der Waals surface area contributed by atoms with Crippen LogP contribution in [0.3, 0.4) is 0 Å². The molecule has 0 heterocycles. The fourth-order valence-corrected chi connectivity index (χ4v) is 0.858. The summed E-state index contributed by atoms with van der Waals surface area (Å²) in [7, 11) is 0. The van der Waals surface area contributed by atoms with Gasteiger partial charge >= 0.3 is 5.97 Å². The van der Waals surface area contributed by atoms with Crippen LogP contribution in [-0.2, 0) is 9.53 Å². The van der Waals surface area contributed by atoms with Crippen LogP contribution in [0.2, 0.25) is 0 Å². The molecule has 2 atom stereocenters. The standard InChI is InChI=1S/C10H20O3/c1-4-6-7-13-10(12)9(11)8(3)5-2/h8-9,11H,4-7H2,1-3H3. The summed E-state index contributed by atoms with van der Waals surface area (Å²) in [5, 5.41) is 9.41. The summed E-state index contributed by atoms with van der Waals surface area (Å²) in [6.45, 7) is 6.22. The van der Waals surface area contributed by atoms with Crippen molar-refractivity contribution in [1.29, 1.82) is 0 Å². The van der Waals surface area contributed by atoms with Gasteiger partial charge in [0.25, 0.3) is 0 Å². The highest BCUT2D eigenvalue weighted by Crippen LogP contribution is 2.08. The van der Waals surface area contributed by atoms with E-state index in [-0.39, 0.29) is 5.92 Å². The molecule has 0 saturated carbocycles. The lowest BCUT2D eigenvalue weighted by atomic mass is 10.0. The topological polar surface area (TPSA) is 46.5 Å². The van der Waals surface area contributed by atoms with E-state index in [0.717, 1.165) is 19.3 Å². The van der Waals surface area contributed by atoms with Gasteiger partial charge in [0.15, 0.2) is 6.10 Å². The van der Waals surface area contributed by atoms with Gasteiger partial charge in [-0.25, -0.2) is 4.79 Å². The van der Waals surface area contributed by atoms with E-state index in [9.17, 15) is 9.90 Å². The molecule has 0 aliphatic heterocycles. The smallest absolute Gasteiger partial charge is 0.335 e. The summed E-state index contributed by atoms with van der Waals surface area (Å²) < 4.78 is 4.88. The summed E-state index contributed by atoms with van der Waals surface area (Å²) >= 11 is 0. The third-order valence-corrected chi connectivity index (χ3v) is 2.17. The first kappa shape index (κ1) is 12.4. The summed E-state index contributed by atoms with van der Waals surface area (Å²) in [6.07, 6.45) is 1.68. The highest BCUT2D eigenvalue weighted by molar-refractivity contribution is 5.74. The molecule has 1 N–H and O–H groups in total. The Labute approximate surface area is 80.1 Å². The molecule has 0 aromatic rings. The van der Waals surface area contributed by atoms with Crippen LogP contribution in [0, 0.1) is 5.92 Å². The molecule has 0 spiro atoms. The first-order valence-corrected chi connectivity index (χ1v) is 4.98. The van der Waals surface area contributed by atoms with Crippen LogP contribution in [0.5, 0.6) is 0 Å². The van der Waals surface area contributed by atoms with Crippen LogP contribution >= 0.6 is 0 Å². The lowest BCUT2D eigenvalue weighted by molar-refractivity contribution is -0.156. The number of aliphatic hydroxyl groups is 1. The Balaban J connectivity index is 3.69. The molecule has 0 fully saturated rings. The van der Waals surface area contributed by atoms with E-state index in [2.05, 4.69) is 0 Å². The molecule has 78 valence electrons. The Morgan fingerprint density at radius 1 is 1.46 bits per heavy atom. The monoisotopic (exact) mass is 188 g/mol. The molecule has 0 bridgehead atoms. The van der Waals surface area contributed by atoms with Gasteiger partial charge in [0.1, 0.15) is 0 Å². The van der Waals surface area contributed by atoms with Gasteiger partial charge in [-0.1, -0.05) is 33.6 Å². The van der Waals surface area contributed by atoms with Crippen molar-refractivity contribution in [2.45, 2.75) is 46.1 Å². The zero-order chi connectivity index (χ0) is 10.3. The van der Waals surface area contributed by atoms with Crippen LogP contribution in [0.4, 0.5) is 0 Å². The zero-order valence-electron chi connectivity index (χ0n) is 8.75. The van der Waals surface area contributed by atoms with Crippen molar-refractivity contribution in [3.05, 3.63) is 0 Å². The van der Waals surface area contributed by atoms with Gasteiger partial charge in [0.05, 0.1) is 6.61 Å². The van der Waals surface area contributed by atoms with Gasteiger partial charge < -0.3 is 9.84 Å². The van der Waals surface area contributed by atoms with Crippen LogP contribution < -0.4 is 0 Å². The number of hydrogen-bond donors (Lipinski definition) is 1. The molecule has 0 aliphatic rings. The molecule has 0 saturated heterocycles. The Hall–Kier alpha value is -0.570. The third-order valence-electron chi connectivity index (χ3n) is 2.17. The highest BCUT2D eigenvalue weighted by atomic mass is 16.5. The minimum Gasteiger partial charge on any atom is -0.464 e. The number of aliphatic hydroxyl groups excluding tert-OH is 1. The van der Waals surface area contributed by atoms with E-state index in [0.29, 0.717) is 6.61 Å². The van der Waals surface area contributed by atoms with Crippen molar-refractivity contribution in [2.75, 3.05) is 6.61 Å². The Kier molecular flexibility index (Phi) is 6.59. The predicted molar refractivity (Wildman–Crippen MR) is 51.3 cm³/mol. The maximum absolute atomic E-state index is 11.1. The largest absolute Gasteiger partial charge is 0.464 e. The van der Waals surface area contributed by atoms with E-state index in [1.54, 1.807) is 0 Å². The average Bonchev–Trinajstić information content (AvgIpc) is 2.15. The summed E-state index contributed by atoms with van der Waals surface area (Å²) in [4.78, 5) is 11.1. The first-order valence-electron chi connectivity index (χ1n) is 4.98. The van der Waals surface area contributed by atoms with Crippen molar-refractivity contribution < 1.29 is 14.6 Å². The molecule has 0 aliphatic carbocycles. The van der Waals surface area contributed by atoms with Crippen LogP contribution in [0.25, 0.3) is 0 Å². The number of unbranched alkanes of at least 4 members (excludes halogenated alkanes) is 1. The molecule has 3 nitrogen and oxygen atoms in total. The van der Waals surface area contributed by atoms with E-state index in [1.807, 2.05) is 20.8 Å².